The lowest BCUT2D eigenvalue weighted by Crippen LogP contribution is -2.38. The van der Waals surface area contributed by atoms with Gasteiger partial charge in [-0.2, -0.15) is 0 Å². The molecule has 1 aliphatic carbocycles. The Labute approximate surface area is 185 Å². The zero-order valence-electron chi connectivity index (χ0n) is 16.9. The molecule has 3 rings (SSSR count). The lowest BCUT2D eigenvalue weighted by Gasteiger charge is -2.15. The van der Waals surface area contributed by atoms with E-state index in [0.29, 0.717) is 19.3 Å². The van der Waals surface area contributed by atoms with Gasteiger partial charge in [-0.1, -0.05) is 37.8 Å². The van der Waals surface area contributed by atoms with E-state index in [0.717, 1.165) is 42.3 Å². The number of hydrogen-bond donors (Lipinski definition) is 3. The van der Waals surface area contributed by atoms with Crippen LogP contribution >= 0.6 is 24.0 Å². The second-order valence-electron chi connectivity index (χ2n) is 7.12. The first-order chi connectivity index (χ1) is 13.3. The standard InChI is InChI=1S/C21H33N5O.HI/c1-2-22-21(24-15-16-27-17-9-5-3-4-6-10-17)23-14-13-20-25-18-11-7-8-12-19(18)26-20;/h7-8,11-12,17H,2-6,9-10,13-16H2,1H3,(H,25,26)(H2,22,23,24);1H. The molecule has 0 bridgehead atoms. The van der Waals surface area contributed by atoms with Crippen molar-refractivity contribution >= 4 is 41.0 Å². The first-order valence-corrected chi connectivity index (χ1v) is 10.4. The second kappa shape index (κ2) is 13.0. The Balaban J connectivity index is 0.00000280. The molecule has 0 amide bonds. The minimum atomic E-state index is 0. The third-order valence-corrected chi connectivity index (χ3v) is 4.95. The number of benzene rings is 1. The maximum Gasteiger partial charge on any atom is 0.191 e. The number of fused-ring (bicyclic) bond motifs is 1. The van der Waals surface area contributed by atoms with Gasteiger partial charge in [0.05, 0.1) is 30.3 Å². The van der Waals surface area contributed by atoms with Gasteiger partial charge in [-0.05, 0) is 31.9 Å². The number of nitrogens with zero attached hydrogens (tertiary/aromatic N) is 2. The fourth-order valence-electron chi connectivity index (χ4n) is 3.55. The van der Waals surface area contributed by atoms with Crippen LogP contribution in [0.3, 0.4) is 0 Å². The fourth-order valence-corrected chi connectivity index (χ4v) is 3.55. The Morgan fingerprint density at radius 3 is 2.71 bits per heavy atom. The van der Waals surface area contributed by atoms with Crippen LogP contribution in [0.15, 0.2) is 29.3 Å². The average molecular weight is 499 g/mol. The summed E-state index contributed by atoms with van der Waals surface area (Å²) in [5.74, 6) is 1.84. The average Bonchev–Trinajstić information content (AvgIpc) is 2.91. The summed E-state index contributed by atoms with van der Waals surface area (Å²) in [4.78, 5) is 12.6. The summed E-state index contributed by atoms with van der Waals surface area (Å²) >= 11 is 0. The molecule has 2 aromatic rings. The summed E-state index contributed by atoms with van der Waals surface area (Å²) in [6.07, 6.45) is 9.01. The van der Waals surface area contributed by atoms with Crippen LogP contribution in [0.1, 0.15) is 51.3 Å². The smallest absolute Gasteiger partial charge is 0.191 e. The van der Waals surface area contributed by atoms with Crippen LogP contribution in [0.5, 0.6) is 0 Å². The monoisotopic (exact) mass is 499 g/mol. The van der Waals surface area contributed by atoms with Crippen molar-refractivity contribution in [1.29, 1.82) is 0 Å². The highest BCUT2D eigenvalue weighted by Crippen LogP contribution is 2.19. The van der Waals surface area contributed by atoms with Gasteiger partial charge in [0.15, 0.2) is 5.96 Å². The molecule has 1 fully saturated rings. The van der Waals surface area contributed by atoms with Crippen molar-refractivity contribution < 1.29 is 4.74 Å². The summed E-state index contributed by atoms with van der Waals surface area (Å²) in [7, 11) is 0. The highest BCUT2D eigenvalue weighted by molar-refractivity contribution is 14.0. The quantitative estimate of drug-likeness (QED) is 0.169. The lowest BCUT2D eigenvalue weighted by molar-refractivity contribution is 0.0487. The summed E-state index contributed by atoms with van der Waals surface area (Å²) < 4.78 is 6.02. The molecular formula is C21H34IN5O. The lowest BCUT2D eigenvalue weighted by atomic mass is 10.1. The van der Waals surface area contributed by atoms with E-state index in [1.54, 1.807) is 0 Å². The third kappa shape index (κ3) is 7.58. The number of aromatic nitrogens is 2. The van der Waals surface area contributed by atoms with Crippen molar-refractivity contribution in [2.75, 3.05) is 26.2 Å². The van der Waals surface area contributed by atoms with Crippen molar-refractivity contribution in [2.24, 2.45) is 4.99 Å². The Hall–Kier alpha value is -1.35. The highest BCUT2D eigenvalue weighted by Gasteiger charge is 2.12. The van der Waals surface area contributed by atoms with E-state index in [1.807, 2.05) is 18.2 Å². The van der Waals surface area contributed by atoms with E-state index < -0.39 is 0 Å². The molecule has 1 aromatic carbocycles. The Bertz CT molecular complexity index is 677. The minimum absolute atomic E-state index is 0. The van der Waals surface area contributed by atoms with E-state index in [2.05, 4.69) is 38.6 Å². The molecule has 6 nitrogen and oxygen atoms in total. The number of aromatic amines is 1. The number of para-hydroxylation sites is 2. The molecular weight excluding hydrogens is 465 g/mol. The van der Waals surface area contributed by atoms with Crippen LogP contribution in [0.2, 0.25) is 0 Å². The van der Waals surface area contributed by atoms with Gasteiger partial charge in [0.1, 0.15) is 5.82 Å². The third-order valence-electron chi connectivity index (χ3n) is 4.95. The van der Waals surface area contributed by atoms with E-state index in [4.69, 9.17) is 4.74 Å². The molecule has 7 heteroatoms. The van der Waals surface area contributed by atoms with Gasteiger partial charge >= 0.3 is 0 Å². The predicted octanol–water partition coefficient (Wildman–Crippen LogP) is 4.02. The number of halogens is 1. The van der Waals surface area contributed by atoms with E-state index >= 15 is 0 Å². The van der Waals surface area contributed by atoms with Gasteiger partial charge in [0, 0.05) is 19.5 Å². The predicted molar refractivity (Wildman–Crippen MR) is 127 cm³/mol. The van der Waals surface area contributed by atoms with Crippen molar-refractivity contribution in [3.05, 3.63) is 30.1 Å². The zero-order chi connectivity index (χ0) is 18.7. The fraction of sp³-hybridized carbons (Fsp3) is 0.619. The topological polar surface area (TPSA) is 74.3 Å². The normalized spacial score (nSPS) is 15.8. The second-order valence-corrected chi connectivity index (χ2v) is 7.12. The molecule has 1 aliphatic rings. The summed E-state index contributed by atoms with van der Waals surface area (Å²) in [6, 6.07) is 8.12. The number of aliphatic imine (C=N–C) groups is 1. The SMILES string of the molecule is CCNC(=NCCOC1CCCCCC1)NCCc1nc2ccccc2[nH]1.I. The molecule has 0 atom stereocenters. The number of ether oxygens (including phenoxy) is 1. The Kier molecular flexibility index (Phi) is 10.6. The molecule has 0 spiro atoms. The molecule has 0 radical (unpaired) electrons. The van der Waals surface area contributed by atoms with Crippen molar-refractivity contribution in [2.45, 2.75) is 58.0 Å². The number of H-pyrrole nitrogens is 1. The van der Waals surface area contributed by atoms with Gasteiger partial charge in [0.2, 0.25) is 0 Å². The number of rotatable bonds is 8. The van der Waals surface area contributed by atoms with Crippen LogP contribution in [0, 0.1) is 0 Å². The van der Waals surface area contributed by atoms with Crippen LogP contribution in [-0.2, 0) is 11.2 Å². The van der Waals surface area contributed by atoms with Gasteiger partial charge < -0.3 is 20.4 Å². The summed E-state index contributed by atoms with van der Waals surface area (Å²) in [5.41, 5.74) is 2.10. The van der Waals surface area contributed by atoms with E-state index in [1.165, 1.54) is 38.5 Å². The molecule has 1 saturated carbocycles. The van der Waals surface area contributed by atoms with Crippen molar-refractivity contribution in [3.8, 4) is 0 Å². The Morgan fingerprint density at radius 1 is 1.18 bits per heavy atom. The molecule has 1 heterocycles. The number of hydrogen-bond acceptors (Lipinski definition) is 3. The van der Waals surface area contributed by atoms with Crippen LogP contribution in [0.25, 0.3) is 11.0 Å². The van der Waals surface area contributed by atoms with Gasteiger partial charge in [-0.25, -0.2) is 4.98 Å². The molecule has 1 aromatic heterocycles. The van der Waals surface area contributed by atoms with Crippen LogP contribution in [-0.4, -0.2) is 48.3 Å². The van der Waals surface area contributed by atoms with Crippen LogP contribution in [0.4, 0.5) is 0 Å². The highest BCUT2D eigenvalue weighted by atomic mass is 127. The number of imidazole rings is 1. The Morgan fingerprint density at radius 2 is 1.96 bits per heavy atom. The summed E-state index contributed by atoms with van der Waals surface area (Å²) in [5, 5.41) is 6.68. The molecule has 3 N–H and O–H groups in total. The largest absolute Gasteiger partial charge is 0.376 e. The number of nitrogens with one attached hydrogen (secondary N) is 3. The van der Waals surface area contributed by atoms with Gasteiger partial charge in [0.25, 0.3) is 0 Å². The number of guanidine groups is 1. The maximum absolute atomic E-state index is 6.02. The van der Waals surface area contributed by atoms with Crippen LogP contribution < -0.4 is 10.6 Å². The maximum atomic E-state index is 6.02. The molecule has 156 valence electrons. The van der Waals surface area contributed by atoms with Crippen molar-refractivity contribution in [1.82, 2.24) is 20.6 Å². The molecule has 28 heavy (non-hydrogen) atoms. The zero-order valence-corrected chi connectivity index (χ0v) is 19.2. The van der Waals surface area contributed by atoms with E-state index in [-0.39, 0.29) is 24.0 Å². The van der Waals surface area contributed by atoms with Crippen molar-refractivity contribution in [3.63, 3.8) is 0 Å². The van der Waals surface area contributed by atoms with Gasteiger partial charge in [-0.15, -0.1) is 24.0 Å². The summed E-state index contributed by atoms with van der Waals surface area (Å²) in [6.45, 7) is 5.11. The molecule has 0 saturated heterocycles. The molecule has 0 unspecified atom stereocenters. The minimum Gasteiger partial charge on any atom is -0.376 e. The van der Waals surface area contributed by atoms with Gasteiger partial charge in [-0.3, -0.25) is 4.99 Å². The first kappa shape index (κ1) is 22.9. The van der Waals surface area contributed by atoms with E-state index in [9.17, 15) is 0 Å². The molecule has 0 aliphatic heterocycles. The first-order valence-electron chi connectivity index (χ1n) is 10.4.